The van der Waals surface area contributed by atoms with Gasteiger partial charge in [-0.2, -0.15) is 11.3 Å². The number of rotatable bonds is 3. The van der Waals surface area contributed by atoms with Crippen LogP contribution in [0.25, 0.3) is 22.3 Å². The smallest absolute Gasteiger partial charge is 0.248 e. The van der Waals surface area contributed by atoms with Gasteiger partial charge in [-0.3, -0.25) is 4.79 Å². The van der Waals surface area contributed by atoms with Gasteiger partial charge in [-0.1, -0.05) is 12.1 Å². The van der Waals surface area contributed by atoms with Gasteiger partial charge in [0, 0.05) is 22.9 Å². The van der Waals surface area contributed by atoms with Crippen molar-refractivity contribution in [1.29, 1.82) is 0 Å². The van der Waals surface area contributed by atoms with Crippen LogP contribution < -0.4 is 10.6 Å². The van der Waals surface area contributed by atoms with Gasteiger partial charge in [0.2, 0.25) is 5.91 Å². The van der Waals surface area contributed by atoms with Crippen LogP contribution in [0.5, 0.6) is 0 Å². The lowest BCUT2D eigenvalue weighted by Gasteiger charge is -2.32. The minimum absolute atomic E-state index is 0.402. The number of fused-ring (bicyclic) bond motifs is 1. The van der Waals surface area contributed by atoms with Crippen LogP contribution in [-0.2, 0) is 9.53 Å². The SMILES string of the molecule is NC(=O)[C@H]1CN(c2nc(-c3ccsc3)nc3ccccc23)CCO1. The van der Waals surface area contributed by atoms with E-state index in [9.17, 15) is 4.79 Å². The van der Waals surface area contributed by atoms with E-state index in [-0.39, 0.29) is 0 Å². The highest BCUT2D eigenvalue weighted by molar-refractivity contribution is 7.08. The Morgan fingerprint density at radius 3 is 2.96 bits per heavy atom. The molecule has 6 nitrogen and oxygen atoms in total. The molecule has 3 aromatic rings. The third-order valence-corrected chi connectivity index (χ3v) is 4.73. The molecule has 4 rings (SSSR count). The molecular weight excluding hydrogens is 324 g/mol. The predicted molar refractivity (Wildman–Crippen MR) is 94.0 cm³/mol. The zero-order valence-corrected chi connectivity index (χ0v) is 13.7. The summed E-state index contributed by atoms with van der Waals surface area (Å²) in [5, 5.41) is 4.99. The molecule has 2 aromatic heterocycles. The van der Waals surface area contributed by atoms with Crippen molar-refractivity contribution in [3.05, 3.63) is 41.1 Å². The van der Waals surface area contributed by atoms with Crippen molar-refractivity contribution >= 4 is 34.0 Å². The summed E-state index contributed by atoms with van der Waals surface area (Å²) < 4.78 is 5.45. The summed E-state index contributed by atoms with van der Waals surface area (Å²) in [5.74, 6) is 1.06. The molecule has 122 valence electrons. The summed E-state index contributed by atoms with van der Waals surface area (Å²) in [5.41, 5.74) is 7.28. The second-order valence-corrected chi connectivity index (χ2v) is 6.39. The zero-order chi connectivity index (χ0) is 16.5. The molecule has 3 heterocycles. The molecule has 0 spiro atoms. The minimum atomic E-state index is -0.614. The third kappa shape index (κ3) is 2.72. The number of para-hydroxylation sites is 1. The van der Waals surface area contributed by atoms with Crippen LogP contribution in [0.2, 0.25) is 0 Å². The highest BCUT2D eigenvalue weighted by Crippen LogP contribution is 2.29. The maximum absolute atomic E-state index is 11.5. The van der Waals surface area contributed by atoms with Crippen LogP contribution in [0.15, 0.2) is 41.1 Å². The fraction of sp³-hybridized carbons (Fsp3) is 0.235. The van der Waals surface area contributed by atoms with Crippen molar-refractivity contribution in [2.75, 3.05) is 24.6 Å². The van der Waals surface area contributed by atoms with E-state index in [0.29, 0.717) is 25.5 Å². The average molecular weight is 340 g/mol. The molecule has 1 saturated heterocycles. The molecule has 0 radical (unpaired) electrons. The molecule has 1 aliphatic heterocycles. The molecule has 0 aliphatic carbocycles. The second kappa shape index (κ2) is 6.18. The zero-order valence-electron chi connectivity index (χ0n) is 12.9. The monoisotopic (exact) mass is 340 g/mol. The van der Waals surface area contributed by atoms with Crippen molar-refractivity contribution < 1.29 is 9.53 Å². The Bertz CT molecular complexity index is 881. The molecule has 0 saturated carbocycles. The number of nitrogens with two attached hydrogens (primary N) is 1. The number of carbonyl (C=O) groups excluding carboxylic acids is 1. The topological polar surface area (TPSA) is 81.3 Å². The molecule has 1 aliphatic rings. The Hall–Kier alpha value is -2.51. The van der Waals surface area contributed by atoms with Crippen LogP contribution in [0.3, 0.4) is 0 Å². The molecule has 1 atom stereocenters. The number of thiophene rings is 1. The molecule has 0 bridgehead atoms. The molecule has 1 fully saturated rings. The Kier molecular flexibility index (Phi) is 3.87. The molecule has 1 amide bonds. The third-order valence-electron chi connectivity index (χ3n) is 4.05. The first-order valence-electron chi connectivity index (χ1n) is 7.67. The summed E-state index contributed by atoms with van der Waals surface area (Å²) in [6, 6.07) is 9.90. The van der Waals surface area contributed by atoms with Crippen LogP contribution in [-0.4, -0.2) is 41.7 Å². The van der Waals surface area contributed by atoms with Gasteiger partial charge in [-0.15, -0.1) is 0 Å². The summed E-state index contributed by atoms with van der Waals surface area (Å²) in [6.45, 7) is 1.51. The number of benzene rings is 1. The molecule has 24 heavy (non-hydrogen) atoms. The lowest BCUT2D eigenvalue weighted by molar-refractivity contribution is -0.130. The number of carbonyl (C=O) groups is 1. The number of nitrogens with zero attached hydrogens (tertiary/aromatic N) is 3. The van der Waals surface area contributed by atoms with E-state index in [2.05, 4.69) is 9.88 Å². The first-order valence-corrected chi connectivity index (χ1v) is 8.62. The number of anilines is 1. The van der Waals surface area contributed by atoms with Crippen molar-refractivity contribution in [2.24, 2.45) is 5.73 Å². The quantitative estimate of drug-likeness (QED) is 0.789. The number of morpholine rings is 1. The van der Waals surface area contributed by atoms with Crippen molar-refractivity contribution in [2.45, 2.75) is 6.10 Å². The maximum atomic E-state index is 11.5. The highest BCUT2D eigenvalue weighted by atomic mass is 32.1. The lowest BCUT2D eigenvalue weighted by atomic mass is 10.2. The van der Waals surface area contributed by atoms with E-state index in [1.165, 1.54) is 0 Å². The van der Waals surface area contributed by atoms with Crippen LogP contribution in [0, 0.1) is 0 Å². The van der Waals surface area contributed by atoms with E-state index in [0.717, 1.165) is 22.3 Å². The normalized spacial score (nSPS) is 18.0. The Labute approximate surface area is 142 Å². The van der Waals surface area contributed by atoms with Gasteiger partial charge in [0.05, 0.1) is 18.7 Å². The molecule has 0 unspecified atom stereocenters. The van der Waals surface area contributed by atoms with Crippen molar-refractivity contribution in [3.63, 3.8) is 0 Å². The first-order chi connectivity index (χ1) is 11.7. The van der Waals surface area contributed by atoms with E-state index in [1.807, 2.05) is 41.1 Å². The second-order valence-electron chi connectivity index (χ2n) is 5.61. The van der Waals surface area contributed by atoms with E-state index >= 15 is 0 Å². The standard InChI is InChI=1S/C17H16N4O2S/c18-15(22)14-9-21(6-7-23-14)17-12-3-1-2-4-13(12)19-16(20-17)11-5-8-24-10-11/h1-5,8,10,14H,6-7,9H2,(H2,18,22)/t14-/m1/s1. The maximum Gasteiger partial charge on any atom is 0.248 e. The summed E-state index contributed by atoms with van der Waals surface area (Å²) in [4.78, 5) is 23.0. The molecule has 7 heteroatoms. The van der Waals surface area contributed by atoms with Gasteiger partial charge in [0.15, 0.2) is 11.9 Å². The van der Waals surface area contributed by atoms with Gasteiger partial charge < -0.3 is 15.4 Å². The Morgan fingerprint density at radius 1 is 1.29 bits per heavy atom. The van der Waals surface area contributed by atoms with Gasteiger partial charge in [0.25, 0.3) is 0 Å². The van der Waals surface area contributed by atoms with E-state index in [1.54, 1.807) is 11.3 Å². The number of amides is 1. The van der Waals surface area contributed by atoms with E-state index in [4.69, 9.17) is 15.5 Å². The lowest BCUT2D eigenvalue weighted by Crippen LogP contribution is -2.48. The van der Waals surface area contributed by atoms with E-state index < -0.39 is 12.0 Å². The molecule has 1 aromatic carbocycles. The summed E-state index contributed by atoms with van der Waals surface area (Å²) in [7, 11) is 0. The minimum Gasteiger partial charge on any atom is -0.367 e. The Morgan fingerprint density at radius 2 is 2.17 bits per heavy atom. The summed E-state index contributed by atoms with van der Waals surface area (Å²) in [6.07, 6.45) is -0.614. The number of hydrogen-bond donors (Lipinski definition) is 1. The number of aromatic nitrogens is 2. The van der Waals surface area contributed by atoms with Crippen LogP contribution in [0.1, 0.15) is 0 Å². The Balaban J connectivity index is 1.82. The predicted octanol–water partition coefficient (Wildman–Crippen LogP) is 2.05. The number of hydrogen-bond acceptors (Lipinski definition) is 6. The summed E-state index contributed by atoms with van der Waals surface area (Å²) >= 11 is 1.61. The van der Waals surface area contributed by atoms with Gasteiger partial charge in [-0.25, -0.2) is 9.97 Å². The van der Waals surface area contributed by atoms with Gasteiger partial charge in [0.1, 0.15) is 5.82 Å². The number of ether oxygens (including phenoxy) is 1. The average Bonchev–Trinajstić information content (AvgIpc) is 3.15. The van der Waals surface area contributed by atoms with Crippen molar-refractivity contribution in [3.8, 4) is 11.4 Å². The molecule has 2 N–H and O–H groups in total. The van der Waals surface area contributed by atoms with Gasteiger partial charge >= 0.3 is 0 Å². The largest absolute Gasteiger partial charge is 0.367 e. The fourth-order valence-corrected chi connectivity index (χ4v) is 3.47. The highest BCUT2D eigenvalue weighted by Gasteiger charge is 2.27. The van der Waals surface area contributed by atoms with Gasteiger partial charge in [-0.05, 0) is 23.6 Å². The van der Waals surface area contributed by atoms with Crippen LogP contribution >= 0.6 is 11.3 Å². The van der Waals surface area contributed by atoms with Crippen LogP contribution in [0.4, 0.5) is 5.82 Å². The fourth-order valence-electron chi connectivity index (χ4n) is 2.84. The number of primary amides is 1. The molecular formula is C17H16N4O2S. The van der Waals surface area contributed by atoms with Crippen molar-refractivity contribution in [1.82, 2.24) is 9.97 Å². The first kappa shape index (κ1) is 15.0.